The smallest absolute Gasteiger partial charge is 0.368 e. The topological polar surface area (TPSA) is 74.8 Å². The third kappa shape index (κ3) is 2.56. The van der Waals surface area contributed by atoms with Gasteiger partial charge in [-0.15, -0.1) is 0 Å². The van der Waals surface area contributed by atoms with E-state index in [2.05, 4.69) is 22.0 Å². The predicted molar refractivity (Wildman–Crippen MR) is 83.1 cm³/mol. The highest BCUT2D eigenvalue weighted by Gasteiger charge is 2.14. The molecule has 2 aromatic heterocycles. The summed E-state index contributed by atoms with van der Waals surface area (Å²) in [7, 11) is 1.55. The number of tetrazole rings is 1. The van der Waals surface area contributed by atoms with Crippen molar-refractivity contribution in [3.8, 4) is 10.9 Å². The van der Waals surface area contributed by atoms with E-state index in [9.17, 15) is 4.79 Å². The van der Waals surface area contributed by atoms with Crippen LogP contribution in [0.15, 0.2) is 41.1 Å². The van der Waals surface area contributed by atoms with Crippen molar-refractivity contribution >= 4 is 17.4 Å². The van der Waals surface area contributed by atoms with Crippen molar-refractivity contribution < 1.29 is 4.74 Å². The van der Waals surface area contributed by atoms with Gasteiger partial charge in [0.1, 0.15) is 6.61 Å². The molecular weight excluding hydrogens is 302 g/mol. The van der Waals surface area contributed by atoms with E-state index >= 15 is 0 Å². The Balaban J connectivity index is 2.04. The number of aryl methyl sites for hydroxylation is 1. The summed E-state index contributed by atoms with van der Waals surface area (Å²) < 4.78 is 8.09. The fourth-order valence-electron chi connectivity index (χ4n) is 2.02. The van der Waals surface area contributed by atoms with Crippen molar-refractivity contribution in [2.75, 3.05) is 0 Å². The zero-order valence-corrected chi connectivity index (χ0v) is 12.7. The summed E-state index contributed by atoms with van der Waals surface area (Å²) in [5.41, 5.74) is 1.96. The van der Waals surface area contributed by atoms with Crippen LogP contribution in [0.2, 0.25) is 0 Å². The lowest BCUT2D eigenvalue weighted by Gasteiger charge is -2.11. The van der Waals surface area contributed by atoms with Crippen LogP contribution in [0.4, 0.5) is 0 Å². The van der Waals surface area contributed by atoms with Gasteiger partial charge in [0.15, 0.2) is 0 Å². The van der Waals surface area contributed by atoms with Crippen molar-refractivity contribution in [1.82, 2.24) is 24.8 Å². The van der Waals surface area contributed by atoms with Gasteiger partial charge in [0.05, 0.1) is 5.69 Å². The number of nitrogens with zero attached hydrogens (tertiary/aromatic N) is 5. The lowest BCUT2D eigenvalue weighted by Crippen LogP contribution is -2.23. The summed E-state index contributed by atoms with van der Waals surface area (Å²) >= 11 is 1.40. The fraction of sp³-hybridized carbons (Fsp3) is 0.143. The average molecular weight is 315 g/mol. The second-order valence-electron chi connectivity index (χ2n) is 4.43. The lowest BCUT2D eigenvalue weighted by atomic mass is 10.1. The van der Waals surface area contributed by atoms with Crippen molar-refractivity contribution in [3.05, 3.63) is 58.0 Å². The van der Waals surface area contributed by atoms with Crippen LogP contribution >= 0.6 is 11.3 Å². The predicted octanol–water partition coefficient (Wildman–Crippen LogP) is 1.64. The molecule has 8 heteroatoms. The first-order chi connectivity index (χ1) is 10.7. The highest BCUT2D eigenvalue weighted by atomic mass is 32.1. The largest absolute Gasteiger partial charge is 0.465 e. The van der Waals surface area contributed by atoms with Gasteiger partial charge in [-0.05, 0) is 22.1 Å². The van der Waals surface area contributed by atoms with Crippen LogP contribution in [0.3, 0.4) is 0 Å². The quantitative estimate of drug-likeness (QED) is 0.715. The molecule has 22 heavy (non-hydrogen) atoms. The van der Waals surface area contributed by atoms with Crippen molar-refractivity contribution in [1.29, 1.82) is 0 Å². The summed E-state index contributed by atoms with van der Waals surface area (Å²) in [5, 5.41) is 10.0. The molecule has 0 bridgehead atoms. The van der Waals surface area contributed by atoms with Crippen molar-refractivity contribution in [2.24, 2.45) is 7.05 Å². The molecular formula is C14H13N5O2S. The van der Waals surface area contributed by atoms with E-state index < -0.39 is 0 Å². The number of thiazole rings is 1. The number of hydrogen-bond donors (Lipinski definition) is 0. The molecule has 1 aromatic carbocycles. The van der Waals surface area contributed by atoms with Crippen LogP contribution in [0.25, 0.3) is 11.8 Å². The fourth-order valence-corrected chi connectivity index (χ4v) is 2.51. The Morgan fingerprint density at radius 3 is 2.91 bits per heavy atom. The first-order valence-electron chi connectivity index (χ1n) is 6.46. The van der Waals surface area contributed by atoms with Crippen LogP contribution in [0.1, 0.15) is 11.1 Å². The third-order valence-electron chi connectivity index (χ3n) is 3.11. The standard InChI is InChI=1S/C14H13N5O2S/c1-3-10-5-4-6-12(19-14(20)18(2)16-17-19)11(10)9-21-13-15-7-8-22-13/h3-8H,1,9H2,2H3. The van der Waals surface area contributed by atoms with Crippen LogP contribution in [0, 0.1) is 0 Å². The van der Waals surface area contributed by atoms with Gasteiger partial charge >= 0.3 is 5.69 Å². The number of benzene rings is 1. The molecule has 3 aromatic rings. The van der Waals surface area contributed by atoms with Gasteiger partial charge in [-0.3, -0.25) is 0 Å². The van der Waals surface area contributed by atoms with Gasteiger partial charge < -0.3 is 4.74 Å². The first kappa shape index (κ1) is 14.2. The van der Waals surface area contributed by atoms with Crippen molar-refractivity contribution in [3.63, 3.8) is 0 Å². The third-order valence-corrected chi connectivity index (χ3v) is 3.79. The van der Waals surface area contributed by atoms with Gasteiger partial charge in [0.25, 0.3) is 5.19 Å². The van der Waals surface area contributed by atoms with Crippen LogP contribution in [-0.4, -0.2) is 24.8 Å². The Kier molecular flexibility index (Phi) is 3.84. The highest BCUT2D eigenvalue weighted by molar-refractivity contribution is 7.11. The normalized spacial score (nSPS) is 10.6. The van der Waals surface area contributed by atoms with Crippen molar-refractivity contribution in [2.45, 2.75) is 6.61 Å². The van der Waals surface area contributed by atoms with E-state index in [-0.39, 0.29) is 12.3 Å². The van der Waals surface area contributed by atoms with E-state index in [1.54, 1.807) is 25.4 Å². The molecule has 0 amide bonds. The maximum absolute atomic E-state index is 12.1. The maximum atomic E-state index is 12.1. The second kappa shape index (κ2) is 5.94. The van der Waals surface area contributed by atoms with Crippen LogP contribution in [0.5, 0.6) is 5.19 Å². The van der Waals surface area contributed by atoms with E-state index in [0.717, 1.165) is 11.1 Å². The van der Waals surface area contributed by atoms with E-state index in [1.165, 1.54) is 20.7 Å². The Morgan fingerprint density at radius 1 is 1.41 bits per heavy atom. The van der Waals surface area contributed by atoms with Gasteiger partial charge in [-0.2, -0.15) is 9.36 Å². The van der Waals surface area contributed by atoms with E-state index in [0.29, 0.717) is 10.9 Å². The van der Waals surface area contributed by atoms with Gasteiger partial charge in [-0.1, -0.05) is 36.1 Å². The molecule has 112 valence electrons. The second-order valence-corrected chi connectivity index (χ2v) is 5.29. The van der Waals surface area contributed by atoms with E-state index in [1.807, 2.05) is 17.5 Å². The molecule has 0 spiro atoms. The SMILES string of the molecule is C=Cc1cccc(-n2nnn(C)c2=O)c1COc1nccs1. The number of aromatic nitrogens is 5. The summed E-state index contributed by atoms with van der Waals surface area (Å²) in [6, 6.07) is 5.53. The minimum Gasteiger partial charge on any atom is -0.465 e. The highest BCUT2D eigenvalue weighted by Crippen LogP contribution is 2.22. The minimum atomic E-state index is -0.322. The Hall–Kier alpha value is -2.74. The summed E-state index contributed by atoms with van der Waals surface area (Å²) in [5.74, 6) is 0. The Bertz CT molecular complexity index is 850. The van der Waals surface area contributed by atoms with Crippen LogP contribution in [-0.2, 0) is 13.7 Å². The molecule has 0 saturated carbocycles. The van der Waals surface area contributed by atoms with Gasteiger partial charge in [-0.25, -0.2) is 9.78 Å². The molecule has 0 saturated heterocycles. The molecule has 0 fully saturated rings. The van der Waals surface area contributed by atoms with Crippen LogP contribution < -0.4 is 10.4 Å². The lowest BCUT2D eigenvalue weighted by molar-refractivity contribution is 0.303. The molecule has 2 heterocycles. The number of ether oxygens (including phenoxy) is 1. The Morgan fingerprint density at radius 2 is 2.27 bits per heavy atom. The molecule has 0 aliphatic carbocycles. The number of rotatable bonds is 5. The molecule has 0 radical (unpaired) electrons. The first-order valence-corrected chi connectivity index (χ1v) is 7.34. The summed E-state index contributed by atoms with van der Waals surface area (Å²) in [6.07, 6.45) is 3.39. The van der Waals surface area contributed by atoms with E-state index in [4.69, 9.17) is 4.74 Å². The molecule has 7 nitrogen and oxygen atoms in total. The maximum Gasteiger partial charge on any atom is 0.368 e. The molecule has 0 unspecified atom stereocenters. The molecule has 0 aliphatic rings. The molecule has 0 N–H and O–H groups in total. The molecule has 3 rings (SSSR count). The molecule has 0 atom stereocenters. The minimum absolute atomic E-state index is 0.258. The Labute approximate surface area is 130 Å². The average Bonchev–Trinajstić information content (AvgIpc) is 3.16. The zero-order valence-electron chi connectivity index (χ0n) is 11.8. The number of hydrogen-bond acceptors (Lipinski definition) is 6. The van der Waals surface area contributed by atoms with Gasteiger partial charge in [0.2, 0.25) is 0 Å². The van der Waals surface area contributed by atoms with Gasteiger partial charge in [0, 0.05) is 24.2 Å². The zero-order chi connectivity index (χ0) is 15.5. The molecule has 0 aliphatic heterocycles. The summed E-state index contributed by atoms with van der Waals surface area (Å²) in [4.78, 5) is 16.2. The summed E-state index contributed by atoms with van der Waals surface area (Å²) in [6.45, 7) is 4.06. The monoisotopic (exact) mass is 315 g/mol.